The van der Waals surface area contributed by atoms with Crippen molar-refractivity contribution in [2.24, 2.45) is 17.6 Å². The highest BCUT2D eigenvalue weighted by atomic mass is 15.2. The van der Waals surface area contributed by atoms with Gasteiger partial charge >= 0.3 is 0 Å². The number of rotatable bonds is 6. The van der Waals surface area contributed by atoms with Crippen molar-refractivity contribution in [1.29, 1.82) is 0 Å². The van der Waals surface area contributed by atoms with Crippen LogP contribution in [0.4, 0.5) is 0 Å². The Balaban J connectivity index is 2.41. The molecular formula is C11H24N2. The average Bonchev–Trinajstić information content (AvgIpc) is 2.87. The Hall–Kier alpha value is -0.0800. The van der Waals surface area contributed by atoms with Crippen LogP contribution < -0.4 is 5.73 Å². The molecule has 1 aliphatic carbocycles. The zero-order valence-corrected chi connectivity index (χ0v) is 9.29. The van der Waals surface area contributed by atoms with Crippen LogP contribution in [0.1, 0.15) is 33.6 Å². The van der Waals surface area contributed by atoms with Gasteiger partial charge in [-0.15, -0.1) is 0 Å². The Labute approximate surface area is 82.5 Å². The van der Waals surface area contributed by atoms with Gasteiger partial charge in [0.25, 0.3) is 0 Å². The summed E-state index contributed by atoms with van der Waals surface area (Å²) in [4.78, 5) is 2.56. The quantitative estimate of drug-likeness (QED) is 0.681. The number of hydrogen-bond donors (Lipinski definition) is 1. The lowest BCUT2D eigenvalue weighted by Gasteiger charge is -2.31. The fourth-order valence-corrected chi connectivity index (χ4v) is 2.09. The molecule has 2 heteroatoms. The van der Waals surface area contributed by atoms with Crippen LogP contribution in [0.3, 0.4) is 0 Å². The maximum atomic E-state index is 5.82. The molecule has 0 amide bonds. The maximum Gasteiger partial charge on any atom is 0.0246 e. The molecule has 0 bridgehead atoms. The third-order valence-electron chi connectivity index (χ3n) is 2.88. The molecule has 13 heavy (non-hydrogen) atoms. The number of nitrogens with zero attached hydrogens (tertiary/aromatic N) is 1. The second-order valence-corrected chi connectivity index (χ2v) is 4.62. The van der Waals surface area contributed by atoms with Crippen molar-refractivity contribution in [3.63, 3.8) is 0 Å². The van der Waals surface area contributed by atoms with Crippen LogP contribution in [0, 0.1) is 11.8 Å². The molecule has 0 aliphatic heterocycles. The predicted molar refractivity (Wildman–Crippen MR) is 57.7 cm³/mol. The third kappa shape index (κ3) is 3.28. The summed E-state index contributed by atoms with van der Waals surface area (Å²) in [6.07, 6.45) is 2.80. The van der Waals surface area contributed by atoms with Gasteiger partial charge < -0.3 is 5.73 Å². The van der Waals surface area contributed by atoms with E-state index in [2.05, 4.69) is 25.7 Å². The molecule has 1 unspecified atom stereocenters. The number of nitrogens with two attached hydrogens (primary N) is 1. The molecule has 1 saturated carbocycles. The van der Waals surface area contributed by atoms with Gasteiger partial charge in [-0.05, 0) is 31.2 Å². The molecule has 0 aromatic heterocycles. The van der Waals surface area contributed by atoms with Crippen LogP contribution in [0.25, 0.3) is 0 Å². The summed E-state index contributed by atoms with van der Waals surface area (Å²) in [5.41, 5.74) is 5.82. The van der Waals surface area contributed by atoms with E-state index in [1.165, 1.54) is 19.4 Å². The third-order valence-corrected chi connectivity index (χ3v) is 2.88. The van der Waals surface area contributed by atoms with E-state index in [4.69, 9.17) is 5.73 Å². The van der Waals surface area contributed by atoms with Crippen LogP contribution >= 0.6 is 0 Å². The Bertz CT molecular complexity index is 141. The Morgan fingerprint density at radius 3 is 2.31 bits per heavy atom. The zero-order valence-electron chi connectivity index (χ0n) is 9.29. The van der Waals surface area contributed by atoms with Crippen LogP contribution in [0.15, 0.2) is 0 Å². The monoisotopic (exact) mass is 184 g/mol. The van der Waals surface area contributed by atoms with E-state index >= 15 is 0 Å². The molecule has 78 valence electrons. The maximum absolute atomic E-state index is 5.82. The molecule has 1 fully saturated rings. The standard InChI is InChI=1S/C11H24N2/c1-4-13(8-9(2)3)11(7-12)10-5-6-10/h9-11H,4-8,12H2,1-3H3. The normalized spacial score (nSPS) is 19.8. The minimum Gasteiger partial charge on any atom is -0.329 e. The van der Waals surface area contributed by atoms with Crippen molar-refractivity contribution in [1.82, 2.24) is 4.90 Å². The number of likely N-dealkylation sites (N-methyl/N-ethyl adjacent to an activating group) is 1. The van der Waals surface area contributed by atoms with Gasteiger partial charge in [-0.2, -0.15) is 0 Å². The van der Waals surface area contributed by atoms with Crippen LogP contribution in [-0.2, 0) is 0 Å². The molecule has 1 rings (SSSR count). The van der Waals surface area contributed by atoms with Crippen LogP contribution in [0.2, 0.25) is 0 Å². The van der Waals surface area contributed by atoms with E-state index in [0.29, 0.717) is 6.04 Å². The van der Waals surface area contributed by atoms with E-state index < -0.39 is 0 Å². The molecule has 1 atom stereocenters. The molecule has 0 heterocycles. The predicted octanol–water partition coefficient (Wildman–Crippen LogP) is 1.70. The Morgan fingerprint density at radius 2 is 2.00 bits per heavy atom. The summed E-state index contributed by atoms with van der Waals surface area (Å²) in [6.45, 7) is 10.00. The van der Waals surface area contributed by atoms with Crippen molar-refractivity contribution in [2.75, 3.05) is 19.6 Å². The summed E-state index contributed by atoms with van der Waals surface area (Å²) in [6, 6.07) is 0.660. The number of hydrogen-bond acceptors (Lipinski definition) is 2. The molecular weight excluding hydrogens is 160 g/mol. The van der Waals surface area contributed by atoms with E-state index in [1.807, 2.05) is 0 Å². The molecule has 0 saturated heterocycles. The molecule has 0 aromatic rings. The summed E-state index contributed by atoms with van der Waals surface area (Å²) in [5.74, 6) is 1.66. The first-order valence-electron chi connectivity index (χ1n) is 5.63. The average molecular weight is 184 g/mol. The molecule has 2 N–H and O–H groups in total. The smallest absolute Gasteiger partial charge is 0.0246 e. The van der Waals surface area contributed by atoms with Crippen molar-refractivity contribution >= 4 is 0 Å². The van der Waals surface area contributed by atoms with E-state index in [-0.39, 0.29) is 0 Å². The topological polar surface area (TPSA) is 29.3 Å². The fraction of sp³-hybridized carbons (Fsp3) is 1.00. The van der Waals surface area contributed by atoms with E-state index in [1.54, 1.807) is 0 Å². The molecule has 0 radical (unpaired) electrons. The van der Waals surface area contributed by atoms with Crippen molar-refractivity contribution < 1.29 is 0 Å². The van der Waals surface area contributed by atoms with Gasteiger partial charge in [0.15, 0.2) is 0 Å². The van der Waals surface area contributed by atoms with Crippen LogP contribution in [-0.4, -0.2) is 30.6 Å². The van der Waals surface area contributed by atoms with Gasteiger partial charge in [0.2, 0.25) is 0 Å². The van der Waals surface area contributed by atoms with Crippen LogP contribution in [0.5, 0.6) is 0 Å². The fourth-order valence-electron chi connectivity index (χ4n) is 2.09. The Morgan fingerprint density at radius 1 is 1.38 bits per heavy atom. The molecule has 0 aromatic carbocycles. The van der Waals surface area contributed by atoms with Gasteiger partial charge in [0.1, 0.15) is 0 Å². The molecule has 1 aliphatic rings. The summed E-state index contributed by atoms with van der Waals surface area (Å²) >= 11 is 0. The lowest BCUT2D eigenvalue weighted by molar-refractivity contribution is 0.170. The zero-order chi connectivity index (χ0) is 9.84. The molecule has 2 nitrogen and oxygen atoms in total. The van der Waals surface area contributed by atoms with Gasteiger partial charge in [-0.3, -0.25) is 4.90 Å². The first-order valence-corrected chi connectivity index (χ1v) is 5.63. The lowest BCUT2D eigenvalue weighted by atomic mass is 10.1. The van der Waals surface area contributed by atoms with Crippen molar-refractivity contribution in [3.05, 3.63) is 0 Å². The highest BCUT2D eigenvalue weighted by Crippen LogP contribution is 2.35. The Kier molecular flexibility index (Phi) is 4.20. The lowest BCUT2D eigenvalue weighted by Crippen LogP contribution is -2.43. The van der Waals surface area contributed by atoms with Gasteiger partial charge in [0, 0.05) is 19.1 Å². The first kappa shape index (κ1) is 11.0. The second-order valence-electron chi connectivity index (χ2n) is 4.62. The largest absolute Gasteiger partial charge is 0.329 e. The van der Waals surface area contributed by atoms with Gasteiger partial charge in [0.05, 0.1) is 0 Å². The van der Waals surface area contributed by atoms with Gasteiger partial charge in [-0.1, -0.05) is 20.8 Å². The summed E-state index contributed by atoms with van der Waals surface area (Å²) in [7, 11) is 0. The highest BCUT2D eigenvalue weighted by Gasteiger charge is 2.33. The van der Waals surface area contributed by atoms with E-state index in [0.717, 1.165) is 24.9 Å². The van der Waals surface area contributed by atoms with Crippen molar-refractivity contribution in [2.45, 2.75) is 39.7 Å². The molecule has 0 spiro atoms. The first-order chi connectivity index (χ1) is 6.19. The SMILES string of the molecule is CCN(CC(C)C)C(CN)C1CC1. The van der Waals surface area contributed by atoms with E-state index in [9.17, 15) is 0 Å². The minimum atomic E-state index is 0.660. The summed E-state index contributed by atoms with van der Waals surface area (Å²) < 4.78 is 0. The second kappa shape index (κ2) is 4.97. The minimum absolute atomic E-state index is 0.660. The summed E-state index contributed by atoms with van der Waals surface area (Å²) in [5, 5.41) is 0. The van der Waals surface area contributed by atoms with Gasteiger partial charge in [-0.25, -0.2) is 0 Å². The highest BCUT2D eigenvalue weighted by molar-refractivity contribution is 4.88. The van der Waals surface area contributed by atoms with Crippen molar-refractivity contribution in [3.8, 4) is 0 Å².